The molecule has 0 spiro atoms. The first-order valence-electron chi connectivity index (χ1n) is 24.6. The van der Waals surface area contributed by atoms with Crippen LogP contribution in [0.1, 0.15) is 122 Å². The van der Waals surface area contributed by atoms with Crippen molar-refractivity contribution in [1.82, 2.24) is 25.4 Å². The van der Waals surface area contributed by atoms with E-state index in [1.165, 1.54) is 6.07 Å². The molecule has 16 heteroatoms. The Hall–Kier alpha value is -7.12. The number of nitriles is 1. The van der Waals surface area contributed by atoms with Crippen LogP contribution < -0.4 is 31.1 Å². The summed E-state index contributed by atoms with van der Waals surface area (Å²) in [6.07, 6.45) is 12.7. The van der Waals surface area contributed by atoms with Crippen LogP contribution in [0.5, 0.6) is 0 Å². The Morgan fingerprint density at radius 1 is 0.768 bits per heavy atom. The largest absolute Gasteiger partial charge is 0.369 e. The molecule has 16 nitrogen and oxygen atoms in total. The van der Waals surface area contributed by atoms with Crippen LogP contribution >= 0.6 is 0 Å². The van der Waals surface area contributed by atoms with E-state index in [4.69, 9.17) is 5.26 Å². The second-order valence-corrected chi connectivity index (χ2v) is 18.5. The number of nitrogens with one attached hydrogen (secondary N) is 4. The molecule has 1 aromatic heterocycles. The van der Waals surface area contributed by atoms with Gasteiger partial charge >= 0.3 is 6.03 Å². The molecule has 1 saturated carbocycles. The van der Waals surface area contributed by atoms with Crippen LogP contribution in [0.2, 0.25) is 0 Å². The summed E-state index contributed by atoms with van der Waals surface area (Å²) in [6.45, 7) is 5.42. The van der Waals surface area contributed by atoms with Gasteiger partial charge in [0.05, 0.1) is 22.4 Å². The molecule has 4 heterocycles. The minimum absolute atomic E-state index is 0.0382. The van der Waals surface area contributed by atoms with Gasteiger partial charge in [0.25, 0.3) is 11.8 Å². The molecular formula is C53H62N10O6. The number of benzene rings is 3. The smallest absolute Gasteiger partial charge is 0.322 e. The highest BCUT2D eigenvalue weighted by molar-refractivity contribution is 6.26. The lowest BCUT2D eigenvalue weighted by Gasteiger charge is -2.38. The fourth-order valence-electron chi connectivity index (χ4n) is 9.98. The number of imide groups is 2. The van der Waals surface area contributed by atoms with Gasteiger partial charge in [-0.15, -0.1) is 0 Å². The lowest BCUT2D eigenvalue weighted by atomic mass is 9.90. The summed E-state index contributed by atoms with van der Waals surface area (Å²) in [5, 5.41) is 20.8. The molecule has 3 aliphatic heterocycles. The molecule has 4 aromatic rings. The van der Waals surface area contributed by atoms with Gasteiger partial charge in [-0.2, -0.15) is 5.26 Å². The monoisotopic (exact) mass is 934 g/mol. The van der Waals surface area contributed by atoms with Crippen LogP contribution in [0.3, 0.4) is 0 Å². The van der Waals surface area contributed by atoms with E-state index >= 15 is 0 Å². The highest BCUT2D eigenvalue weighted by Crippen LogP contribution is 2.34. The van der Waals surface area contributed by atoms with Gasteiger partial charge in [-0.05, 0) is 106 Å². The van der Waals surface area contributed by atoms with Crippen molar-refractivity contribution in [2.24, 2.45) is 0 Å². The van der Waals surface area contributed by atoms with Crippen molar-refractivity contribution in [3.05, 3.63) is 113 Å². The van der Waals surface area contributed by atoms with E-state index in [-0.39, 0.29) is 53.7 Å². The zero-order valence-corrected chi connectivity index (χ0v) is 39.2. The fraction of sp³-hybridized carbons (Fsp3) is 0.434. The van der Waals surface area contributed by atoms with E-state index in [0.717, 1.165) is 125 Å². The van der Waals surface area contributed by atoms with Crippen LogP contribution in [0.15, 0.2) is 91.1 Å². The van der Waals surface area contributed by atoms with Crippen molar-refractivity contribution in [3.8, 4) is 6.07 Å². The number of piperidine rings is 1. The molecule has 7 amide bonds. The van der Waals surface area contributed by atoms with Crippen LogP contribution in [-0.2, 0) is 20.9 Å². The number of carbonyl (C=O) groups excluding carboxylic acids is 6. The maximum absolute atomic E-state index is 13.9. The first kappa shape index (κ1) is 48.3. The van der Waals surface area contributed by atoms with Crippen molar-refractivity contribution >= 4 is 58.4 Å². The van der Waals surface area contributed by atoms with Crippen molar-refractivity contribution in [1.29, 1.82) is 5.26 Å². The average Bonchev–Trinajstić information content (AvgIpc) is 3.63. The summed E-state index contributed by atoms with van der Waals surface area (Å²) >= 11 is 0. The second kappa shape index (κ2) is 23.3. The van der Waals surface area contributed by atoms with Gasteiger partial charge in [0.1, 0.15) is 17.9 Å². The average molecular weight is 935 g/mol. The Morgan fingerprint density at radius 3 is 2.19 bits per heavy atom. The number of piperazine rings is 1. The highest BCUT2D eigenvalue weighted by atomic mass is 16.2. The number of hydrogen-bond acceptors (Lipinski definition) is 11. The number of hydrogen-bond donors (Lipinski definition) is 4. The number of amides is 7. The number of unbranched alkanes of at least 4 members (excludes halogenated alkanes) is 6. The third-order valence-electron chi connectivity index (χ3n) is 13.8. The number of fused-ring (bicyclic) bond motifs is 1. The standard InChI is InChI=1S/C53H62N10O6/c54-34-38-17-27-46(55-36-38)57-39-18-20-41(21-19-39)62(53(69)56-35-37-12-7-6-8-13-37)42-24-22-40(23-25-42)61-32-30-60(31-33-61)29-10-5-3-1-2-4-9-16-47(64)58-44-15-11-14-43-49(44)52(68)63(51(43)67)45-26-28-48(65)59-50(45)66/h6-8,11-15,17,22-25,27,36,39,41,45H,1-5,9-10,16,18-21,26,28-33,35H2,(H,55,57)(H,56,69)(H,58,64)(H,59,65,66). The van der Waals surface area contributed by atoms with Gasteiger partial charge in [0, 0.05) is 75.2 Å². The zero-order valence-electron chi connectivity index (χ0n) is 39.2. The Bertz CT molecular complexity index is 2500. The number of urea groups is 1. The van der Waals surface area contributed by atoms with Crippen molar-refractivity contribution in [3.63, 3.8) is 0 Å². The normalized spacial score (nSPS) is 19.4. The van der Waals surface area contributed by atoms with Gasteiger partial charge < -0.3 is 20.9 Å². The van der Waals surface area contributed by atoms with Gasteiger partial charge in [-0.3, -0.25) is 44.0 Å². The third kappa shape index (κ3) is 12.3. The molecule has 1 aliphatic carbocycles. The zero-order chi connectivity index (χ0) is 48.1. The third-order valence-corrected chi connectivity index (χ3v) is 13.8. The van der Waals surface area contributed by atoms with E-state index in [0.29, 0.717) is 24.9 Å². The quantitative estimate of drug-likeness (QED) is 0.0541. The molecule has 0 bridgehead atoms. The molecule has 69 heavy (non-hydrogen) atoms. The molecule has 4 N–H and O–H groups in total. The highest BCUT2D eigenvalue weighted by Gasteiger charge is 2.45. The Morgan fingerprint density at radius 2 is 1.49 bits per heavy atom. The molecule has 4 aliphatic rings. The molecule has 3 fully saturated rings. The van der Waals surface area contributed by atoms with Gasteiger partial charge in [0.15, 0.2) is 0 Å². The van der Waals surface area contributed by atoms with Crippen LogP contribution in [0, 0.1) is 11.3 Å². The number of pyridine rings is 1. The van der Waals surface area contributed by atoms with Crippen molar-refractivity contribution in [2.75, 3.05) is 53.2 Å². The summed E-state index contributed by atoms with van der Waals surface area (Å²) in [5.41, 5.74) is 4.12. The maximum Gasteiger partial charge on any atom is 0.322 e. The van der Waals surface area contributed by atoms with Crippen molar-refractivity contribution in [2.45, 2.75) is 115 Å². The summed E-state index contributed by atoms with van der Waals surface area (Å²) in [7, 11) is 0. The summed E-state index contributed by atoms with van der Waals surface area (Å²) in [4.78, 5) is 89.5. The first-order chi connectivity index (χ1) is 33.6. The molecule has 3 aromatic carbocycles. The van der Waals surface area contributed by atoms with E-state index in [2.05, 4.69) is 66.4 Å². The molecular weight excluding hydrogens is 873 g/mol. The number of aromatic nitrogens is 1. The minimum atomic E-state index is -1.06. The molecule has 360 valence electrons. The number of rotatable bonds is 19. The predicted molar refractivity (Wildman–Crippen MR) is 264 cm³/mol. The topological polar surface area (TPSA) is 200 Å². The number of carbonyl (C=O) groups is 6. The molecule has 2 saturated heterocycles. The molecule has 1 unspecified atom stereocenters. The van der Waals surface area contributed by atoms with E-state index in [9.17, 15) is 28.8 Å². The van der Waals surface area contributed by atoms with Crippen LogP contribution in [0.4, 0.5) is 27.7 Å². The van der Waals surface area contributed by atoms with Gasteiger partial charge in [-0.25, -0.2) is 9.78 Å². The first-order valence-corrected chi connectivity index (χ1v) is 24.6. The lowest BCUT2D eigenvalue weighted by molar-refractivity contribution is -0.136. The molecule has 8 rings (SSSR count). The van der Waals surface area contributed by atoms with E-state index in [1.807, 2.05) is 41.3 Å². The summed E-state index contributed by atoms with van der Waals surface area (Å²) in [6, 6.07) is 28.0. The molecule has 0 radical (unpaired) electrons. The Balaban J connectivity index is 0.721. The predicted octanol–water partition coefficient (Wildman–Crippen LogP) is 7.38. The fourth-order valence-corrected chi connectivity index (χ4v) is 9.98. The van der Waals surface area contributed by atoms with Crippen LogP contribution in [0.25, 0.3) is 0 Å². The Labute approximate surface area is 403 Å². The van der Waals surface area contributed by atoms with Gasteiger partial charge in [-0.1, -0.05) is 68.5 Å². The maximum atomic E-state index is 13.9. The van der Waals surface area contributed by atoms with Crippen LogP contribution in [-0.4, -0.2) is 101 Å². The Kier molecular flexibility index (Phi) is 16.3. The van der Waals surface area contributed by atoms with Gasteiger partial charge in [0.2, 0.25) is 17.7 Å². The SMILES string of the molecule is N#Cc1ccc(NC2CCC(N(C(=O)NCc3ccccc3)c3ccc(N4CCN(CCCCCCCCCC(=O)Nc5cccc6c5C(=O)N(C5CCC(=O)NC5=O)C6=O)CC4)cc3)CC2)nc1. The lowest BCUT2D eigenvalue weighted by Crippen LogP contribution is -2.54. The number of anilines is 4. The minimum Gasteiger partial charge on any atom is -0.369 e. The second-order valence-electron chi connectivity index (χ2n) is 18.5. The molecule has 1 atom stereocenters. The summed E-state index contributed by atoms with van der Waals surface area (Å²) < 4.78 is 0. The number of nitrogens with zero attached hydrogens (tertiary/aromatic N) is 6. The van der Waals surface area contributed by atoms with Crippen molar-refractivity contribution < 1.29 is 28.8 Å². The van der Waals surface area contributed by atoms with E-state index in [1.54, 1.807) is 24.4 Å². The van der Waals surface area contributed by atoms with E-state index < -0.39 is 29.7 Å². The summed E-state index contributed by atoms with van der Waals surface area (Å²) in [5.74, 6) is -1.82.